The Kier molecular flexibility index (Phi) is 7.58. The van der Waals surface area contributed by atoms with Gasteiger partial charge in [0.1, 0.15) is 30.3 Å². The predicted molar refractivity (Wildman–Crippen MR) is 125 cm³/mol. The van der Waals surface area contributed by atoms with Crippen molar-refractivity contribution in [3.8, 4) is 17.4 Å². The maximum Gasteiger partial charge on any atom is 0.235 e. The highest BCUT2D eigenvalue weighted by Gasteiger charge is 2.17. The predicted octanol–water partition coefficient (Wildman–Crippen LogP) is 3.32. The molecule has 11 heteroatoms. The van der Waals surface area contributed by atoms with E-state index in [-0.39, 0.29) is 11.3 Å². The molecule has 1 aliphatic rings. The van der Waals surface area contributed by atoms with E-state index in [4.69, 9.17) is 30.5 Å². The summed E-state index contributed by atoms with van der Waals surface area (Å²) in [6, 6.07) is 5.39. The Morgan fingerprint density at radius 2 is 1.97 bits per heavy atom. The third-order valence-corrected chi connectivity index (χ3v) is 5.29. The minimum Gasteiger partial charge on any atom is -0.492 e. The van der Waals surface area contributed by atoms with Crippen LogP contribution in [0.3, 0.4) is 0 Å². The van der Waals surface area contributed by atoms with Crippen LogP contribution in [0.4, 0.5) is 11.5 Å². The number of rotatable bonds is 9. The summed E-state index contributed by atoms with van der Waals surface area (Å²) in [5.41, 5.74) is 1.18. The van der Waals surface area contributed by atoms with Gasteiger partial charge in [0.2, 0.25) is 5.88 Å². The van der Waals surface area contributed by atoms with Gasteiger partial charge < -0.3 is 24.3 Å². The Balaban J connectivity index is 1.62. The first-order valence-corrected chi connectivity index (χ1v) is 11.1. The van der Waals surface area contributed by atoms with E-state index in [1.54, 1.807) is 6.07 Å². The Hall–Kier alpha value is -2.95. The largest absolute Gasteiger partial charge is 0.492 e. The molecule has 2 aromatic heterocycles. The van der Waals surface area contributed by atoms with Gasteiger partial charge in [0.25, 0.3) is 0 Å². The second-order valence-corrected chi connectivity index (χ2v) is 8.08. The Morgan fingerprint density at radius 3 is 2.73 bits per heavy atom. The van der Waals surface area contributed by atoms with Crippen LogP contribution in [0.5, 0.6) is 17.4 Å². The smallest absolute Gasteiger partial charge is 0.235 e. The zero-order chi connectivity index (χ0) is 23.2. The molecule has 0 saturated carbocycles. The molecule has 10 nitrogen and oxygen atoms in total. The molecule has 176 valence electrons. The van der Waals surface area contributed by atoms with Crippen LogP contribution < -0.4 is 19.5 Å². The summed E-state index contributed by atoms with van der Waals surface area (Å²) in [5, 5.41) is 11.9. The number of morpholine rings is 1. The topological polar surface area (TPSA) is 104 Å². The van der Waals surface area contributed by atoms with E-state index >= 15 is 0 Å². The molecule has 0 aliphatic carbocycles. The number of ether oxygens (including phenoxy) is 4. The van der Waals surface area contributed by atoms with Crippen molar-refractivity contribution in [2.24, 2.45) is 0 Å². The second-order valence-electron chi connectivity index (χ2n) is 7.72. The van der Waals surface area contributed by atoms with E-state index in [0.717, 1.165) is 32.8 Å². The molecule has 33 heavy (non-hydrogen) atoms. The molecule has 0 bridgehead atoms. The Morgan fingerprint density at radius 1 is 1.15 bits per heavy atom. The fraction of sp³-hybridized carbons (Fsp3) is 0.455. The molecular weight excluding hydrogens is 448 g/mol. The van der Waals surface area contributed by atoms with Gasteiger partial charge in [0.15, 0.2) is 5.15 Å². The highest BCUT2D eigenvalue weighted by Crippen LogP contribution is 2.37. The summed E-state index contributed by atoms with van der Waals surface area (Å²) in [5.74, 6) is 2.14. The molecular formula is C22H27ClN6O4. The molecule has 0 unspecified atom stereocenters. The number of nitrogens with one attached hydrogen (secondary N) is 1. The van der Waals surface area contributed by atoms with E-state index in [1.165, 1.54) is 13.4 Å². The molecule has 1 fully saturated rings. The monoisotopic (exact) mass is 474 g/mol. The van der Waals surface area contributed by atoms with Crippen molar-refractivity contribution in [1.82, 2.24) is 25.1 Å². The van der Waals surface area contributed by atoms with E-state index in [0.29, 0.717) is 46.4 Å². The summed E-state index contributed by atoms with van der Waals surface area (Å²) >= 11 is 6.23. The van der Waals surface area contributed by atoms with Gasteiger partial charge in [-0.2, -0.15) is 0 Å². The van der Waals surface area contributed by atoms with Crippen molar-refractivity contribution in [3.05, 3.63) is 29.7 Å². The van der Waals surface area contributed by atoms with Crippen molar-refractivity contribution >= 4 is 34.0 Å². The number of hydrogen-bond acceptors (Lipinski definition) is 10. The van der Waals surface area contributed by atoms with Gasteiger partial charge in [0.05, 0.1) is 43.0 Å². The molecule has 3 aromatic rings. The first-order valence-electron chi connectivity index (χ1n) is 10.8. The summed E-state index contributed by atoms with van der Waals surface area (Å²) < 4.78 is 22.7. The van der Waals surface area contributed by atoms with Crippen LogP contribution in [0.2, 0.25) is 5.15 Å². The first kappa shape index (κ1) is 23.2. The lowest BCUT2D eigenvalue weighted by Crippen LogP contribution is -2.38. The maximum atomic E-state index is 6.23. The molecule has 4 rings (SSSR count). The van der Waals surface area contributed by atoms with Gasteiger partial charge in [-0.1, -0.05) is 11.6 Å². The highest BCUT2D eigenvalue weighted by molar-refractivity contribution is 6.32. The SMILES string of the molecule is COc1cc(Nc2ncnc3cc(OCCN4CCOCC4)cc(OC(C)C)c23)c(Cl)nn1. The molecule has 3 heterocycles. The summed E-state index contributed by atoms with van der Waals surface area (Å²) in [6.07, 6.45) is 1.41. The summed E-state index contributed by atoms with van der Waals surface area (Å²) in [4.78, 5) is 11.2. The van der Waals surface area contributed by atoms with Crippen LogP contribution in [0.1, 0.15) is 13.8 Å². The quantitative estimate of drug-likeness (QED) is 0.496. The van der Waals surface area contributed by atoms with Crippen molar-refractivity contribution in [2.75, 3.05) is 51.9 Å². The van der Waals surface area contributed by atoms with Gasteiger partial charge in [-0.25, -0.2) is 9.97 Å². The molecule has 0 amide bonds. The van der Waals surface area contributed by atoms with Gasteiger partial charge in [-0.15, -0.1) is 10.2 Å². The van der Waals surface area contributed by atoms with E-state index in [2.05, 4.69) is 30.4 Å². The second kappa shape index (κ2) is 10.8. The van der Waals surface area contributed by atoms with E-state index in [1.807, 2.05) is 26.0 Å². The van der Waals surface area contributed by atoms with Crippen molar-refractivity contribution < 1.29 is 18.9 Å². The van der Waals surface area contributed by atoms with Crippen molar-refractivity contribution in [3.63, 3.8) is 0 Å². The van der Waals surface area contributed by atoms with Gasteiger partial charge in [-0.05, 0) is 13.8 Å². The van der Waals surface area contributed by atoms with Crippen LogP contribution in [-0.4, -0.2) is 77.7 Å². The van der Waals surface area contributed by atoms with Crippen LogP contribution in [-0.2, 0) is 4.74 Å². The fourth-order valence-electron chi connectivity index (χ4n) is 3.45. The Bertz CT molecular complexity index is 1090. The molecule has 1 saturated heterocycles. The summed E-state index contributed by atoms with van der Waals surface area (Å²) in [6.45, 7) is 8.67. The van der Waals surface area contributed by atoms with Crippen LogP contribution in [0.25, 0.3) is 10.9 Å². The lowest BCUT2D eigenvalue weighted by Gasteiger charge is -2.26. The molecule has 1 aliphatic heterocycles. The fourth-order valence-corrected chi connectivity index (χ4v) is 3.59. The summed E-state index contributed by atoms with van der Waals surface area (Å²) in [7, 11) is 1.51. The number of benzene rings is 1. The van der Waals surface area contributed by atoms with Crippen LogP contribution in [0, 0.1) is 0 Å². The van der Waals surface area contributed by atoms with Crippen LogP contribution in [0.15, 0.2) is 24.5 Å². The lowest BCUT2D eigenvalue weighted by atomic mass is 10.2. The van der Waals surface area contributed by atoms with E-state index < -0.39 is 0 Å². The van der Waals surface area contributed by atoms with Crippen LogP contribution >= 0.6 is 11.6 Å². The number of hydrogen-bond donors (Lipinski definition) is 1. The van der Waals surface area contributed by atoms with Crippen molar-refractivity contribution in [1.29, 1.82) is 0 Å². The highest BCUT2D eigenvalue weighted by atomic mass is 35.5. The maximum absolute atomic E-state index is 6.23. The zero-order valence-corrected chi connectivity index (χ0v) is 19.6. The van der Waals surface area contributed by atoms with Gasteiger partial charge >= 0.3 is 0 Å². The number of fused-ring (bicyclic) bond motifs is 1. The zero-order valence-electron chi connectivity index (χ0n) is 18.9. The normalized spacial score (nSPS) is 14.5. The van der Waals surface area contributed by atoms with Gasteiger partial charge in [0, 0.05) is 37.8 Å². The molecule has 0 radical (unpaired) electrons. The molecule has 0 spiro atoms. The average Bonchev–Trinajstić information content (AvgIpc) is 2.81. The lowest BCUT2D eigenvalue weighted by molar-refractivity contribution is 0.0322. The standard InChI is InChI=1S/C22H27ClN6O4/c1-14(2)33-18-11-15(32-9-6-29-4-7-31-8-5-29)10-16-20(18)22(25-13-24-16)26-17-12-19(30-3)27-28-21(17)23/h10-14H,4-9H2,1-3H3,(H,24,25,26,27). The number of methoxy groups -OCH3 is 1. The molecule has 1 N–H and O–H groups in total. The Labute approximate surface area is 197 Å². The van der Waals surface area contributed by atoms with E-state index in [9.17, 15) is 0 Å². The number of nitrogens with zero attached hydrogens (tertiary/aromatic N) is 5. The minimum absolute atomic E-state index is 0.0591. The third-order valence-electron chi connectivity index (χ3n) is 5.01. The first-order chi connectivity index (χ1) is 16.0. The van der Waals surface area contributed by atoms with Gasteiger partial charge in [-0.3, -0.25) is 4.90 Å². The van der Waals surface area contributed by atoms with Crippen molar-refractivity contribution in [2.45, 2.75) is 20.0 Å². The third kappa shape index (κ3) is 5.89. The number of anilines is 2. The number of halogens is 1. The average molecular weight is 475 g/mol. The molecule has 1 aromatic carbocycles. The number of aromatic nitrogens is 4. The minimum atomic E-state index is -0.0591. The molecule has 0 atom stereocenters.